The summed E-state index contributed by atoms with van der Waals surface area (Å²) in [4.78, 5) is 2.85. The van der Waals surface area contributed by atoms with Crippen LogP contribution in [0.15, 0.2) is 5.11 Å². The monoisotopic (exact) mass is 137 g/mol. The van der Waals surface area contributed by atoms with Crippen molar-refractivity contribution in [3.63, 3.8) is 0 Å². The molecule has 0 unspecified atom stereocenters. The predicted octanol–water partition coefficient (Wildman–Crippen LogP) is 2.34. The van der Waals surface area contributed by atoms with Gasteiger partial charge in [-0.05, 0) is 36.1 Å². The highest BCUT2D eigenvalue weighted by Gasteiger charge is 2.51. The zero-order valence-electron chi connectivity index (χ0n) is 6.07. The van der Waals surface area contributed by atoms with E-state index in [1.165, 1.54) is 6.42 Å². The predicted molar refractivity (Wildman–Crippen MR) is 38.3 cm³/mol. The molecule has 0 saturated heterocycles. The van der Waals surface area contributed by atoms with E-state index in [2.05, 4.69) is 16.9 Å². The van der Waals surface area contributed by atoms with Crippen LogP contribution in [0.3, 0.4) is 0 Å². The van der Waals surface area contributed by atoms with Crippen molar-refractivity contribution in [1.82, 2.24) is 0 Å². The molecule has 0 aromatic rings. The van der Waals surface area contributed by atoms with Gasteiger partial charge in [-0.2, -0.15) is 0 Å². The minimum absolute atomic E-state index is 0.338. The van der Waals surface area contributed by atoms with Crippen molar-refractivity contribution in [2.24, 2.45) is 22.9 Å². The van der Waals surface area contributed by atoms with Gasteiger partial charge in [0.05, 0.1) is 0 Å². The molecule has 4 atom stereocenters. The molecule has 2 aliphatic rings. The van der Waals surface area contributed by atoms with E-state index < -0.39 is 0 Å². The lowest BCUT2D eigenvalue weighted by atomic mass is 10.1. The first kappa shape index (κ1) is 6.05. The summed E-state index contributed by atoms with van der Waals surface area (Å²) in [5, 5.41) is 3.78. The lowest BCUT2D eigenvalue weighted by Crippen LogP contribution is -2.02. The Kier molecular flexibility index (Phi) is 1.15. The molecule has 2 saturated carbocycles. The third-order valence-corrected chi connectivity index (χ3v) is 2.93. The molecule has 0 heterocycles. The van der Waals surface area contributed by atoms with Crippen molar-refractivity contribution in [1.29, 1.82) is 0 Å². The van der Waals surface area contributed by atoms with Gasteiger partial charge in [-0.25, -0.2) is 0 Å². The molecule has 0 aromatic carbocycles. The van der Waals surface area contributed by atoms with Crippen molar-refractivity contribution in [2.45, 2.75) is 25.8 Å². The van der Waals surface area contributed by atoms with Crippen LogP contribution < -0.4 is 0 Å². The number of fused-ring (bicyclic) bond motifs is 1. The summed E-state index contributed by atoms with van der Waals surface area (Å²) in [5.41, 5.74) is 8.21. The van der Waals surface area contributed by atoms with Crippen LogP contribution >= 0.6 is 0 Å². The second-order valence-corrected chi connectivity index (χ2v) is 3.55. The molecule has 0 radical (unpaired) electrons. The molecule has 2 rings (SSSR count). The Morgan fingerprint density at radius 3 is 2.60 bits per heavy atom. The first-order valence-corrected chi connectivity index (χ1v) is 3.87. The third kappa shape index (κ3) is 0.706. The quantitative estimate of drug-likeness (QED) is 0.302. The zero-order valence-corrected chi connectivity index (χ0v) is 6.07. The molecule has 54 valence electrons. The molecule has 0 N–H and O–H groups in total. The van der Waals surface area contributed by atoms with Gasteiger partial charge in [0.2, 0.25) is 0 Å². The van der Waals surface area contributed by atoms with Crippen molar-refractivity contribution in [2.75, 3.05) is 0 Å². The molecule has 2 aliphatic carbocycles. The van der Waals surface area contributed by atoms with Gasteiger partial charge in [-0.3, -0.25) is 0 Å². The molecular formula is C7H11N3. The first-order valence-electron chi connectivity index (χ1n) is 3.87. The van der Waals surface area contributed by atoms with E-state index in [0.717, 1.165) is 24.2 Å². The van der Waals surface area contributed by atoms with Gasteiger partial charge >= 0.3 is 0 Å². The average molecular weight is 137 g/mol. The Morgan fingerprint density at radius 1 is 1.40 bits per heavy atom. The van der Waals surface area contributed by atoms with Gasteiger partial charge in [0.15, 0.2) is 0 Å². The molecule has 0 aliphatic heterocycles. The Bertz CT molecular complexity index is 195. The van der Waals surface area contributed by atoms with Crippen molar-refractivity contribution in [3.8, 4) is 0 Å². The molecule has 3 nitrogen and oxygen atoms in total. The molecule has 0 spiro atoms. The van der Waals surface area contributed by atoms with Crippen LogP contribution in [0, 0.1) is 17.8 Å². The van der Waals surface area contributed by atoms with Crippen LogP contribution in [0.25, 0.3) is 10.4 Å². The Balaban J connectivity index is 2.07. The molecule has 2 fully saturated rings. The maximum atomic E-state index is 8.21. The van der Waals surface area contributed by atoms with E-state index in [-0.39, 0.29) is 0 Å². The smallest absolute Gasteiger partial charge is 0.0407 e. The van der Waals surface area contributed by atoms with Gasteiger partial charge in [0, 0.05) is 11.0 Å². The molecule has 10 heavy (non-hydrogen) atoms. The molecule has 3 heteroatoms. The van der Waals surface area contributed by atoms with Crippen LogP contribution in [0.1, 0.15) is 19.8 Å². The van der Waals surface area contributed by atoms with Gasteiger partial charge in [-0.1, -0.05) is 12.0 Å². The van der Waals surface area contributed by atoms with E-state index >= 15 is 0 Å². The van der Waals surface area contributed by atoms with Crippen molar-refractivity contribution >= 4 is 0 Å². The van der Waals surface area contributed by atoms with Crippen molar-refractivity contribution < 1.29 is 0 Å². The second kappa shape index (κ2) is 1.89. The fraction of sp³-hybridized carbons (Fsp3) is 1.00. The van der Waals surface area contributed by atoms with Crippen LogP contribution in [0.2, 0.25) is 0 Å². The average Bonchev–Trinajstić information content (AvgIpc) is 2.59. The Labute approximate surface area is 60.1 Å². The highest BCUT2D eigenvalue weighted by Crippen LogP contribution is 2.56. The van der Waals surface area contributed by atoms with Crippen LogP contribution in [-0.2, 0) is 0 Å². The molecule has 0 aromatic heterocycles. The summed E-state index contributed by atoms with van der Waals surface area (Å²) in [6.07, 6.45) is 2.43. The number of azide groups is 1. The number of hydrogen-bond acceptors (Lipinski definition) is 1. The molecule has 0 bridgehead atoms. The van der Waals surface area contributed by atoms with E-state index in [4.69, 9.17) is 5.53 Å². The van der Waals surface area contributed by atoms with Gasteiger partial charge in [0.25, 0.3) is 0 Å². The maximum Gasteiger partial charge on any atom is 0.0407 e. The highest BCUT2D eigenvalue weighted by atomic mass is 15.2. The number of rotatable bonds is 1. The van der Waals surface area contributed by atoms with E-state index in [9.17, 15) is 0 Å². The minimum atomic E-state index is 0.338. The normalized spacial score (nSPS) is 49.7. The fourth-order valence-corrected chi connectivity index (χ4v) is 2.26. The minimum Gasteiger partial charge on any atom is -0.0903 e. The zero-order chi connectivity index (χ0) is 7.14. The first-order chi connectivity index (χ1) is 4.83. The molecule has 0 amide bonds. The van der Waals surface area contributed by atoms with Crippen LogP contribution in [0.4, 0.5) is 0 Å². The summed E-state index contributed by atoms with van der Waals surface area (Å²) in [6.45, 7) is 2.26. The summed E-state index contributed by atoms with van der Waals surface area (Å²) >= 11 is 0. The number of hydrogen-bond donors (Lipinski definition) is 0. The summed E-state index contributed by atoms with van der Waals surface area (Å²) in [6, 6.07) is 0.338. The lowest BCUT2D eigenvalue weighted by molar-refractivity contribution is 0.503. The standard InChI is InChI=1S/C7H11N3/c1-4-2-7(9-10-8)6-3-5(4)6/h4-7H,2-3H2,1H3/t4-,5-,6-,7+/m0/s1. The Hall–Kier alpha value is -0.690. The van der Waals surface area contributed by atoms with E-state index in [1.54, 1.807) is 0 Å². The van der Waals surface area contributed by atoms with E-state index in [1.807, 2.05) is 0 Å². The van der Waals surface area contributed by atoms with Crippen molar-refractivity contribution in [3.05, 3.63) is 10.4 Å². The third-order valence-electron chi connectivity index (χ3n) is 2.93. The van der Waals surface area contributed by atoms with Gasteiger partial charge in [-0.15, -0.1) is 0 Å². The summed E-state index contributed by atoms with van der Waals surface area (Å²) in [5.74, 6) is 2.46. The summed E-state index contributed by atoms with van der Waals surface area (Å²) < 4.78 is 0. The van der Waals surface area contributed by atoms with Crippen LogP contribution in [-0.4, -0.2) is 6.04 Å². The maximum absolute atomic E-state index is 8.21. The topological polar surface area (TPSA) is 48.8 Å². The van der Waals surface area contributed by atoms with Crippen LogP contribution in [0.5, 0.6) is 0 Å². The molecular weight excluding hydrogens is 126 g/mol. The van der Waals surface area contributed by atoms with Gasteiger partial charge in [0.1, 0.15) is 0 Å². The number of nitrogens with zero attached hydrogens (tertiary/aromatic N) is 3. The summed E-state index contributed by atoms with van der Waals surface area (Å²) in [7, 11) is 0. The van der Waals surface area contributed by atoms with Gasteiger partial charge < -0.3 is 0 Å². The Morgan fingerprint density at radius 2 is 2.20 bits per heavy atom. The lowest BCUT2D eigenvalue weighted by Gasteiger charge is -2.04. The fourth-order valence-electron chi connectivity index (χ4n) is 2.26. The largest absolute Gasteiger partial charge is 0.0903 e. The second-order valence-electron chi connectivity index (χ2n) is 3.55. The SMILES string of the molecule is C[C@H]1C[C@@H](N=[N+]=[N-])[C@H]2C[C@H]21. The van der Waals surface area contributed by atoms with E-state index in [0.29, 0.717) is 6.04 Å². The highest BCUT2D eigenvalue weighted by molar-refractivity contribution is 5.04.